The van der Waals surface area contributed by atoms with E-state index >= 15 is 0 Å². The highest BCUT2D eigenvalue weighted by atomic mass is 32.2. The van der Waals surface area contributed by atoms with E-state index in [0.29, 0.717) is 18.8 Å². The van der Waals surface area contributed by atoms with Gasteiger partial charge in [-0.05, 0) is 19.1 Å². The van der Waals surface area contributed by atoms with Crippen LogP contribution in [0.3, 0.4) is 0 Å². The van der Waals surface area contributed by atoms with Crippen molar-refractivity contribution in [2.24, 2.45) is 0 Å². The van der Waals surface area contributed by atoms with E-state index in [-0.39, 0.29) is 11.9 Å². The third-order valence-electron chi connectivity index (χ3n) is 2.86. The number of hydrogen-bond donors (Lipinski definition) is 2. The second-order valence-corrected chi connectivity index (χ2v) is 6.41. The molecule has 3 atom stereocenters. The van der Waals surface area contributed by atoms with Crippen LogP contribution < -0.4 is 14.8 Å². The van der Waals surface area contributed by atoms with E-state index < -0.39 is 16.9 Å². The Hall–Kier alpha value is -1.11. The third-order valence-corrected chi connectivity index (χ3v) is 4.16. The Kier molecular flexibility index (Phi) is 7.58. The van der Waals surface area contributed by atoms with Gasteiger partial charge in [-0.15, -0.1) is 0 Å². The Bertz CT molecular complexity index is 427. The van der Waals surface area contributed by atoms with E-state index in [9.17, 15) is 9.32 Å². The van der Waals surface area contributed by atoms with Crippen molar-refractivity contribution in [2.45, 2.75) is 18.3 Å². The first-order chi connectivity index (χ1) is 9.52. The van der Waals surface area contributed by atoms with Crippen LogP contribution in [0.4, 0.5) is 0 Å². The molecule has 0 fully saturated rings. The summed E-state index contributed by atoms with van der Waals surface area (Å²) in [5.41, 5.74) is 0. The number of nitrogens with one attached hydrogen (secondary N) is 1. The molecule has 6 heteroatoms. The van der Waals surface area contributed by atoms with Crippen LogP contribution >= 0.6 is 0 Å². The SMILES string of the molecule is COc1cccc(OCC(O)CNCC(C)S(C)=O)c1. The van der Waals surface area contributed by atoms with Crippen molar-refractivity contribution in [3.63, 3.8) is 0 Å². The average Bonchev–Trinajstić information content (AvgIpc) is 2.45. The summed E-state index contributed by atoms with van der Waals surface area (Å²) in [6, 6.07) is 7.24. The largest absolute Gasteiger partial charge is 0.497 e. The lowest BCUT2D eigenvalue weighted by molar-refractivity contribution is 0.106. The fourth-order valence-corrected chi connectivity index (χ4v) is 1.87. The zero-order chi connectivity index (χ0) is 15.0. The summed E-state index contributed by atoms with van der Waals surface area (Å²) >= 11 is 0. The van der Waals surface area contributed by atoms with Crippen LogP contribution in [0.25, 0.3) is 0 Å². The zero-order valence-electron chi connectivity index (χ0n) is 12.2. The minimum atomic E-state index is -0.852. The van der Waals surface area contributed by atoms with Gasteiger partial charge in [-0.25, -0.2) is 0 Å². The molecule has 1 aromatic carbocycles. The fraction of sp³-hybridized carbons (Fsp3) is 0.571. The van der Waals surface area contributed by atoms with Crippen LogP contribution in [-0.2, 0) is 10.8 Å². The molecule has 0 saturated carbocycles. The quantitative estimate of drug-likeness (QED) is 0.706. The maximum atomic E-state index is 11.2. The van der Waals surface area contributed by atoms with Gasteiger partial charge in [-0.3, -0.25) is 4.21 Å². The van der Waals surface area contributed by atoms with Gasteiger partial charge in [-0.1, -0.05) is 6.07 Å². The molecule has 0 aromatic heterocycles. The van der Waals surface area contributed by atoms with Gasteiger partial charge in [-0.2, -0.15) is 0 Å². The summed E-state index contributed by atoms with van der Waals surface area (Å²) in [6.45, 7) is 3.12. The Morgan fingerprint density at radius 3 is 2.70 bits per heavy atom. The van der Waals surface area contributed by atoms with Crippen molar-refractivity contribution in [1.29, 1.82) is 0 Å². The van der Waals surface area contributed by atoms with Gasteiger partial charge >= 0.3 is 0 Å². The van der Waals surface area contributed by atoms with Crippen LogP contribution in [0.15, 0.2) is 24.3 Å². The predicted octanol–water partition coefficient (Wildman–Crippen LogP) is 0.791. The molecule has 1 aromatic rings. The topological polar surface area (TPSA) is 67.8 Å². The zero-order valence-corrected chi connectivity index (χ0v) is 13.0. The monoisotopic (exact) mass is 301 g/mol. The van der Waals surface area contributed by atoms with Crippen molar-refractivity contribution in [1.82, 2.24) is 5.32 Å². The minimum Gasteiger partial charge on any atom is -0.497 e. The summed E-state index contributed by atoms with van der Waals surface area (Å²) in [6.07, 6.45) is 1.06. The smallest absolute Gasteiger partial charge is 0.123 e. The number of rotatable bonds is 9. The van der Waals surface area contributed by atoms with E-state index in [1.54, 1.807) is 19.4 Å². The number of aliphatic hydroxyl groups is 1. The second-order valence-electron chi connectivity index (χ2n) is 4.61. The van der Waals surface area contributed by atoms with Crippen LogP contribution in [-0.4, -0.2) is 53.7 Å². The van der Waals surface area contributed by atoms with Gasteiger partial charge in [0.15, 0.2) is 0 Å². The summed E-state index contributed by atoms with van der Waals surface area (Å²) in [4.78, 5) is 0. The van der Waals surface area contributed by atoms with Gasteiger partial charge in [0.1, 0.15) is 24.2 Å². The van der Waals surface area contributed by atoms with E-state index in [1.165, 1.54) is 0 Å². The number of methoxy groups -OCH3 is 1. The summed E-state index contributed by atoms with van der Waals surface area (Å²) in [5.74, 6) is 1.38. The Morgan fingerprint density at radius 1 is 1.35 bits per heavy atom. The van der Waals surface area contributed by atoms with Gasteiger partial charge < -0.3 is 19.9 Å². The molecule has 0 spiro atoms. The van der Waals surface area contributed by atoms with Gasteiger partial charge in [0, 0.05) is 41.5 Å². The van der Waals surface area contributed by atoms with E-state index in [4.69, 9.17) is 9.47 Å². The minimum absolute atomic E-state index is 0.0708. The first kappa shape index (κ1) is 16.9. The molecule has 0 aliphatic rings. The molecule has 0 radical (unpaired) electrons. The molecular formula is C14H23NO4S. The molecule has 5 nitrogen and oxygen atoms in total. The molecule has 114 valence electrons. The normalized spacial score (nSPS) is 15.4. The highest BCUT2D eigenvalue weighted by Gasteiger charge is 2.09. The van der Waals surface area contributed by atoms with Crippen LogP contribution in [0.2, 0.25) is 0 Å². The number of hydrogen-bond acceptors (Lipinski definition) is 5. The lowest BCUT2D eigenvalue weighted by Gasteiger charge is -2.15. The molecule has 0 heterocycles. The molecular weight excluding hydrogens is 278 g/mol. The Balaban J connectivity index is 2.25. The standard InChI is InChI=1S/C14H23NO4S/c1-11(20(3)17)8-15-9-12(16)10-19-14-6-4-5-13(7-14)18-2/h4-7,11-12,15-16H,8-10H2,1-3H3. The van der Waals surface area contributed by atoms with Crippen molar-refractivity contribution in [3.05, 3.63) is 24.3 Å². The fourth-order valence-electron chi connectivity index (χ4n) is 1.51. The van der Waals surface area contributed by atoms with Gasteiger partial charge in [0.2, 0.25) is 0 Å². The first-order valence-electron chi connectivity index (χ1n) is 6.50. The van der Waals surface area contributed by atoms with Crippen LogP contribution in [0.1, 0.15) is 6.92 Å². The van der Waals surface area contributed by atoms with E-state index in [0.717, 1.165) is 5.75 Å². The molecule has 20 heavy (non-hydrogen) atoms. The molecule has 0 saturated heterocycles. The lowest BCUT2D eigenvalue weighted by Crippen LogP contribution is -2.36. The third kappa shape index (κ3) is 6.36. The van der Waals surface area contributed by atoms with Crippen molar-refractivity contribution in [2.75, 3.05) is 33.1 Å². The molecule has 3 unspecified atom stereocenters. The molecule has 0 aliphatic carbocycles. The number of aliphatic hydroxyl groups excluding tert-OH is 1. The highest BCUT2D eigenvalue weighted by molar-refractivity contribution is 7.84. The first-order valence-corrected chi connectivity index (χ1v) is 8.13. The highest BCUT2D eigenvalue weighted by Crippen LogP contribution is 2.18. The Morgan fingerprint density at radius 2 is 2.05 bits per heavy atom. The van der Waals surface area contributed by atoms with E-state index in [1.807, 2.05) is 25.1 Å². The van der Waals surface area contributed by atoms with Crippen molar-refractivity contribution in [3.8, 4) is 11.5 Å². The molecule has 0 amide bonds. The Labute approximate surface area is 122 Å². The second kappa shape index (κ2) is 8.94. The van der Waals surface area contributed by atoms with Crippen molar-refractivity contribution >= 4 is 10.8 Å². The van der Waals surface area contributed by atoms with Gasteiger partial charge in [0.05, 0.1) is 7.11 Å². The number of ether oxygens (including phenoxy) is 2. The van der Waals surface area contributed by atoms with Crippen molar-refractivity contribution < 1.29 is 18.8 Å². The summed E-state index contributed by atoms with van der Waals surface area (Å²) < 4.78 is 21.7. The number of benzene rings is 1. The van der Waals surface area contributed by atoms with Crippen LogP contribution in [0, 0.1) is 0 Å². The predicted molar refractivity (Wildman–Crippen MR) is 80.9 cm³/mol. The lowest BCUT2D eigenvalue weighted by atomic mass is 10.3. The molecule has 0 aliphatic heterocycles. The maximum absolute atomic E-state index is 11.2. The average molecular weight is 301 g/mol. The summed E-state index contributed by atoms with van der Waals surface area (Å²) in [7, 11) is 0.742. The van der Waals surface area contributed by atoms with E-state index in [2.05, 4.69) is 5.32 Å². The van der Waals surface area contributed by atoms with Gasteiger partial charge in [0.25, 0.3) is 0 Å². The maximum Gasteiger partial charge on any atom is 0.123 e. The molecule has 2 N–H and O–H groups in total. The molecule has 0 bridgehead atoms. The molecule has 1 rings (SSSR count). The summed E-state index contributed by atoms with van der Waals surface area (Å²) in [5, 5.41) is 12.9. The van der Waals surface area contributed by atoms with Crippen LogP contribution in [0.5, 0.6) is 11.5 Å².